The van der Waals surface area contributed by atoms with Gasteiger partial charge in [-0.1, -0.05) is 53.5 Å². The van der Waals surface area contributed by atoms with Crippen LogP contribution < -0.4 is 5.32 Å². The van der Waals surface area contributed by atoms with Crippen molar-refractivity contribution < 1.29 is 9.53 Å². The summed E-state index contributed by atoms with van der Waals surface area (Å²) in [6.07, 6.45) is 0. The van der Waals surface area contributed by atoms with Crippen molar-refractivity contribution in [3.63, 3.8) is 0 Å². The van der Waals surface area contributed by atoms with Crippen molar-refractivity contribution in [2.24, 2.45) is 0 Å². The lowest BCUT2D eigenvalue weighted by molar-refractivity contribution is 0.0162. The maximum Gasteiger partial charge on any atom is 0.251 e. The Bertz CT molecular complexity index is 698. The number of nitrogens with zero attached hydrogens (tertiary/aromatic N) is 1. The van der Waals surface area contributed by atoms with E-state index in [2.05, 4.69) is 22.3 Å². The third-order valence-electron chi connectivity index (χ3n) is 4.25. The van der Waals surface area contributed by atoms with Gasteiger partial charge >= 0.3 is 0 Å². The Kier molecular flexibility index (Phi) is 6.32. The predicted octanol–water partition coefficient (Wildman–Crippen LogP) is 3.80. The van der Waals surface area contributed by atoms with Crippen molar-refractivity contribution in [1.82, 2.24) is 10.2 Å². The predicted molar refractivity (Wildman–Crippen MR) is 100 cm³/mol. The molecule has 1 fully saturated rings. The van der Waals surface area contributed by atoms with E-state index >= 15 is 0 Å². The van der Waals surface area contributed by atoms with E-state index in [1.165, 1.54) is 5.56 Å². The number of morpholine rings is 1. The molecule has 1 aliphatic heterocycles. The summed E-state index contributed by atoms with van der Waals surface area (Å²) in [6.45, 7) is 3.62. The molecule has 0 aromatic heterocycles. The highest BCUT2D eigenvalue weighted by Crippen LogP contribution is 2.22. The van der Waals surface area contributed by atoms with Crippen molar-refractivity contribution in [3.8, 4) is 0 Å². The molecule has 4 nitrogen and oxygen atoms in total. The van der Waals surface area contributed by atoms with Gasteiger partial charge in [-0.25, -0.2) is 0 Å². The van der Waals surface area contributed by atoms with Crippen molar-refractivity contribution in [3.05, 3.63) is 69.7 Å². The molecular formula is C19H20Cl2N2O2. The maximum absolute atomic E-state index is 12.5. The monoisotopic (exact) mass is 378 g/mol. The third kappa shape index (κ3) is 4.95. The van der Waals surface area contributed by atoms with Crippen LogP contribution in [-0.4, -0.2) is 43.7 Å². The van der Waals surface area contributed by atoms with Crippen LogP contribution in [0.4, 0.5) is 0 Å². The Labute approximate surface area is 157 Å². The second-order valence-corrected chi connectivity index (χ2v) is 6.82. The minimum absolute atomic E-state index is 0.101. The Morgan fingerprint density at radius 1 is 1.08 bits per heavy atom. The van der Waals surface area contributed by atoms with E-state index in [0.29, 0.717) is 35.4 Å². The molecule has 1 aliphatic rings. The first-order valence-corrected chi connectivity index (χ1v) is 9.00. The minimum atomic E-state index is -0.182. The summed E-state index contributed by atoms with van der Waals surface area (Å²) in [5.41, 5.74) is 1.64. The fraction of sp³-hybridized carbons (Fsp3) is 0.316. The van der Waals surface area contributed by atoms with Gasteiger partial charge in [0.15, 0.2) is 0 Å². The first-order valence-electron chi connectivity index (χ1n) is 8.24. The van der Waals surface area contributed by atoms with Gasteiger partial charge in [0.1, 0.15) is 0 Å². The SMILES string of the molecule is O=C(NCC(c1ccccc1)N1CCOCC1)c1cc(Cl)cc(Cl)c1. The van der Waals surface area contributed by atoms with E-state index in [4.69, 9.17) is 27.9 Å². The largest absolute Gasteiger partial charge is 0.379 e. The highest BCUT2D eigenvalue weighted by Gasteiger charge is 2.23. The van der Waals surface area contributed by atoms with E-state index < -0.39 is 0 Å². The third-order valence-corrected chi connectivity index (χ3v) is 4.69. The zero-order valence-corrected chi connectivity index (χ0v) is 15.3. The van der Waals surface area contributed by atoms with Gasteiger partial charge in [-0.05, 0) is 23.8 Å². The Hall–Kier alpha value is -1.59. The maximum atomic E-state index is 12.5. The van der Waals surface area contributed by atoms with Crippen LogP contribution in [0.5, 0.6) is 0 Å². The Balaban J connectivity index is 1.72. The number of hydrogen-bond donors (Lipinski definition) is 1. The standard InChI is InChI=1S/C19H20Cl2N2O2/c20-16-10-15(11-17(21)12-16)19(24)22-13-18(14-4-2-1-3-5-14)23-6-8-25-9-7-23/h1-5,10-12,18H,6-9,13H2,(H,22,24). The summed E-state index contributed by atoms with van der Waals surface area (Å²) < 4.78 is 5.45. The van der Waals surface area contributed by atoms with Crippen molar-refractivity contribution in [1.29, 1.82) is 0 Å². The lowest BCUT2D eigenvalue weighted by Gasteiger charge is -2.35. The van der Waals surface area contributed by atoms with Crippen molar-refractivity contribution in [2.45, 2.75) is 6.04 Å². The summed E-state index contributed by atoms with van der Waals surface area (Å²) in [4.78, 5) is 14.8. The van der Waals surface area contributed by atoms with Gasteiger partial charge in [-0.3, -0.25) is 9.69 Å². The van der Waals surface area contributed by atoms with E-state index in [1.54, 1.807) is 18.2 Å². The molecule has 132 valence electrons. The molecule has 2 aromatic carbocycles. The Morgan fingerprint density at radius 3 is 2.36 bits per heavy atom. The van der Waals surface area contributed by atoms with Crippen LogP contribution >= 0.6 is 23.2 Å². The molecule has 1 heterocycles. The van der Waals surface area contributed by atoms with E-state index in [0.717, 1.165) is 13.1 Å². The topological polar surface area (TPSA) is 41.6 Å². The molecule has 25 heavy (non-hydrogen) atoms. The average molecular weight is 379 g/mol. The number of halogens is 2. The van der Waals surface area contributed by atoms with Crippen LogP contribution in [-0.2, 0) is 4.74 Å². The highest BCUT2D eigenvalue weighted by atomic mass is 35.5. The number of hydrogen-bond acceptors (Lipinski definition) is 3. The summed E-state index contributed by atoms with van der Waals surface area (Å²) in [7, 11) is 0. The number of nitrogens with one attached hydrogen (secondary N) is 1. The molecule has 3 rings (SSSR count). The molecule has 1 saturated heterocycles. The number of carbonyl (C=O) groups excluding carboxylic acids is 1. The Morgan fingerprint density at radius 2 is 1.72 bits per heavy atom. The van der Waals surface area contributed by atoms with Gasteiger partial charge in [0.2, 0.25) is 0 Å². The minimum Gasteiger partial charge on any atom is -0.379 e. The van der Waals surface area contributed by atoms with E-state index in [9.17, 15) is 4.79 Å². The molecule has 1 atom stereocenters. The number of carbonyl (C=O) groups is 1. The molecule has 0 radical (unpaired) electrons. The smallest absolute Gasteiger partial charge is 0.251 e. The lowest BCUT2D eigenvalue weighted by Crippen LogP contribution is -2.43. The summed E-state index contributed by atoms with van der Waals surface area (Å²) >= 11 is 12.0. The van der Waals surface area contributed by atoms with Gasteiger partial charge < -0.3 is 10.1 Å². The second-order valence-electron chi connectivity index (χ2n) is 5.94. The molecule has 2 aromatic rings. The zero-order chi connectivity index (χ0) is 17.6. The fourth-order valence-corrected chi connectivity index (χ4v) is 3.52. The zero-order valence-electron chi connectivity index (χ0n) is 13.8. The summed E-state index contributed by atoms with van der Waals surface area (Å²) in [5.74, 6) is -0.182. The van der Waals surface area contributed by atoms with E-state index in [-0.39, 0.29) is 11.9 Å². The highest BCUT2D eigenvalue weighted by molar-refractivity contribution is 6.35. The molecule has 1 unspecified atom stereocenters. The van der Waals surface area contributed by atoms with Gasteiger partial charge in [0, 0.05) is 35.2 Å². The molecular weight excluding hydrogens is 359 g/mol. The second kappa shape index (κ2) is 8.68. The molecule has 1 amide bonds. The van der Waals surface area contributed by atoms with E-state index in [1.807, 2.05) is 18.2 Å². The van der Waals surface area contributed by atoms with Crippen molar-refractivity contribution >= 4 is 29.1 Å². The molecule has 0 saturated carbocycles. The first kappa shape index (κ1) is 18.2. The summed E-state index contributed by atoms with van der Waals surface area (Å²) in [6, 6.07) is 15.1. The lowest BCUT2D eigenvalue weighted by atomic mass is 10.0. The van der Waals surface area contributed by atoms with Crippen LogP contribution in [0.15, 0.2) is 48.5 Å². The fourth-order valence-electron chi connectivity index (χ4n) is 3.00. The molecule has 1 N–H and O–H groups in total. The van der Waals surface area contributed by atoms with Gasteiger partial charge in [-0.15, -0.1) is 0 Å². The molecule has 0 aliphatic carbocycles. The number of benzene rings is 2. The van der Waals surface area contributed by atoms with Crippen LogP contribution in [0.3, 0.4) is 0 Å². The summed E-state index contributed by atoms with van der Waals surface area (Å²) in [5, 5.41) is 3.91. The normalized spacial score (nSPS) is 16.4. The average Bonchev–Trinajstić information content (AvgIpc) is 2.63. The van der Waals surface area contributed by atoms with Crippen LogP contribution in [0.2, 0.25) is 10.0 Å². The van der Waals surface area contributed by atoms with Crippen LogP contribution in [0, 0.1) is 0 Å². The van der Waals surface area contributed by atoms with Gasteiger partial charge in [0.25, 0.3) is 5.91 Å². The quantitative estimate of drug-likeness (QED) is 0.860. The number of rotatable bonds is 5. The van der Waals surface area contributed by atoms with Gasteiger partial charge in [0.05, 0.1) is 19.3 Å². The van der Waals surface area contributed by atoms with Gasteiger partial charge in [-0.2, -0.15) is 0 Å². The number of amides is 1. The first-order chi connectivity index (χ1) is 12.1. The number of ether oxygens (including phenoxy) is 1. The van der Waals surface area contributed by atoms with Crippen LogP contribution in [0.1, 0.15) is 22.0 Å². The molecule has 6 heteroatoms. The van der Waals surface area contributed by atoms with Crippen LogP contribution in [0.25, 0.3) is 0 Å². The molecule has 0 spiro atoms. The molecule has 0 bridgehead atoms. The van der Waals surface area contributed by atoms with Crippen molar-refractivity contribution in [2.75, 3.05) is 32.8 Å².